The Hall–Kier alpha value is -3.02. The Labute approximate surface area is 151 Å². The van der Waals surface area contributed by atoms with E-state index < -0.39 is 5.91 Å². The molecule has 0 atom stereocenters. The summed E-state index contributed by atoms with van der Waals surface area (Å²) in [6, 6.07) is 9.70. The molecule has 1 fully saturated rings. The number of nitrogens with two attached hydrogens (primary N) is 1. The summed E-state index contributed by atoms with van der Waals surface area (Å²) in [5, 5.41) is 4.52. The highest BCUT2D eigenvalue weighted by Gasteiger charge is 2.18. The molecule has 26 heavy (non-hydrogen) atoms. The lowest BCUT2D eigenvalue weighted by molar-refractivity contribution is 0.100. The summed E-state index contributed by atoms with van der Waals surface area (Å²) in [7, 11) is 1.62. The van der Waals surface area contributed by atoms with Gasteiger partial charge in [0.1, 0.15) is 17.2 Å². The smallest absolute Gasteiger partial charge is 0.248 e. The third kappa shape index (κ3) is 2.98. The molecule has 1 saturated carbocycles. The van der Waals surface area contributed by atoms with Gasteiger partial charge in [-0.05, 0) is 43.2 Å². The van der Waals surface area contributed by atoms with Gasteiger partial charge in [0.2, 0.25) is 5.91 Å². The van der Waals surface area contributed by atoms with E-state index >= 15 is 0 Å². The molecule has 3 aromatic rings. The van der Waals surface area contributed by atoms with Crippen molar-refractivity contribution in [2.75, 3.05) is 12.4 Å². The van der Waals surface area contributed by atoms with Gasteiger partial charge in [0, 0.05) is 34.3 Å². The normalized spacial score (nSPS) is 14.7. The van der Waals surface area contributed by atoms with Crippen LogP contribution in [-0.4, -0.2) is 29.0 Å². The standard InChI is InChI=1S/C20H22N4O2/c1-26-17-7-6-12(19(21)25)10-16(17)15-11-18(23-13-4-2-3-5-13)24-20-14(15)8-9-22-20/h6-11,13H,2-5H2,1H3,(H2,21,25)(H2,22,23,24). The lowest BCUT2D eigenvalue weighted by Gasteiger charge is -2.16. The van der Waals surface area contributed by atoms with E-state index in [1.54, 1.807) is 25.3 Å². The molecule has 0 saturated heterocycles. The number of H-pyrrole nitrogens is 1. The monoisotopic (exact) mass is 350 g/mol. The Morgan fingerprint density at radius 3 is 2.77 bits per heavy atom. The van der Waals surface area contributed by atoms with Crippen molar-refractivity contribution in [3.8, 4) is 16.9 Å². The van der Waals surface area contributed by atoms with E-state index in [1.807, 2.05) is 18.3 Å². The van der Waals surface area contributed by atoms with Gasteiger partial charge in [-0.25, -0.2) is 4.98 Å². The third-order valence-electron chi connectivity index (χ3n) is 5.01. The second kappa shape index (κ2) is 6.71. The first kappa shape index (κ1) is 16.4. The van der Waals surface area contributed by atoms with E-state index in [0.717, 1.165) is 28.0 Å². The van der Waals surface area contributed by atoms with Crippen LogP contribution in [0.5, 0.6) is 5.75 Å². The zero-order valence-corrected chi connectivity index (χ0v) is 14.7. The first-order valence-corrected chi connectivity index (χ1v) is 8.88. The molecular weight excluding hydrogens is 328 g/mol. The SMILES string of the molecule is COc1ccc(C(N)=O)cc1-c1cc(NC2CCCC2)nc2[nH]ccc12. The maximum absolute atomic E-state index is 11.6. The number of primary amides is 1. The average molecular weight is 350 g/mol. The molecule has 0 radical (unpaired) electrons. The number of carbonyl (C=O) groups excluding carboxylic acids is 1. The molecule has 0 bridgehead atoms. The first-order chi connectivity index (χ1) is 12.7. The maximum atomic E-state index is 11.6. The number of benzene rings is 1. The van der Waals surface area contributed by atoms with Crippen LogP contribution < -0.4 is 15.8 Å². The molecule has 134 valence electrons. The van der Waals surface area contributed by atoms with E-state index in [0.29, 0.717) is 17.4 Å². The van der Waals surface area contributed by atoms with Crippen molar-refractivity contribution in [1.29, 1.82) is 0 Å². The average Bonchev–Trinajstić information content (AvgIpc) is 3.32. The van der Waals surface area contributed by atoms with Crippen LogP contribution in [0.25, 0.3) is 22.2 Å². The van der Waals surface area contributed by atoms with Crippen LogP contribution >= 0.6 is 0 Å². The molecule has 4 rings (SSSR count). The van der Waals surface area contributed by atoms with Crippen molar-refractivity contribution in [1.82, 2.24) is 9.97 Å². The number of nitrogens with one attached hydrogen (secondary N) is 2. The van der Waals surface area contributed by atoms with Crippen LogP contribution in [0.15, 0.2) is 36.5 Å². The first-order valence-electron chi connectivity index (χ1n) is 8.88. The minimum Gasteiger partial charge on any atom is -0.496 e. The number of carbonyl (C=O) groups is 1. The van der Waals surface area contributed by atoms with Gasteiger partial charge in [-0.15, -0.1) is 0 Å². The molecule has 0 unspecified atom stereocenters. The largest absolute Gasteiger partial charge is 0.496 e. The van der Waals surface area contributed by atoms with Gasteiger partial charge in [-0.3, -0.25) is 4.79 Å². The Morgan fingerprint density at radius 2 is 2.04 bits per heavy atom. The van der Waals surface area contributed by atoms with Gasteiger partial charge < -0.3 is 20.8 Å². The topological polar surface area (TPSA) is 93.0 Å². The van der Waals surface area contributed by atoms with Gasteiger partial charge in [-0.2, -0.15) is 0 Å². The van der Waals surface area contributed by atoms with Gasteiger partial charge in [0.15, 0.2) is 0 Å². The fourth-order valence-corrected chi connectivity index (χ4v) is 3.69. The van der Waals surface area contributed by atoms with Gasteiger partial charge in [0.05, 0.1) is 7.11 Å². The molecule has 1 aromatic carbocycles. The highest BCUT2D eigenvalue weighted by Crippen LogP contribution is 2.37. The number of anilines is 1. The van der Waals surface area contributed by atoms with Crippen LogP contribution in [0.1, 0.15) is 36.0 Å². The highest BCUT2D eigenvalue weighted by atomic mass is 16.5. The minimum atomic E-state index is -0.461. The number of ether oxygens (including phenoxy) is 1. The molecule has 6 heteroatoms. The van der Waals surface area contributed by atoms with Crippen molar-refractivity contribution < 1.29 is 9.53 Å². The highest BCUT2D eigenvalue weighted by molar-refractivity contribution is 5.99. The second-order valence-corrected chi connectivity index (χ2v) is 6.70. The molecule has 1 amide bonds. The summed E-state index contributed by atoms with van der Waals surface area (Å²) in [6.45, 7) is 0. The Bertz CT molecular complexity index is 958. The molecule has 0 aliphatic heterocycles. The zero-order valence-electron chi connectivity index (χ0n) is 14.7. The molecule has 2 aromatic heterocycles. The Kier molecular flexibility index (Phi) is 4.24. The summed E-state index contributed by atoms with van der Waals surface area (Å²) in [5.74, 6) is 1.06. The maximum Gasteiger partial charge on any atom is 0.248 e. The van der Waals surface area contributed by atoms with Crippen LogP contribution in [-0.2, 0) is 0 Å². The number of aromatic amines is 1. The van der Waals surface area contributed by atoms with Crippen molar-refractivity contribution in [2.24, 2.45) is 5.73 Å². The Balaban J connectivity index is 1.86. The van der Waals surface area contributed by atoms with E-state index in [1.165, 1.54) is 25.7 Å². The number of aromatic nitrogens is 2. The summed E-state index contributed by atoms with van der Waals surface area (Å²) in [6.07, 6.45) is 6.71. The second-order valence-electron chi connectivity index (χ2n) is 6.70. The van der Waals surface area contributed by atoms with Gasteiger partial charge in [-0.1, -0.05) is 12.8 Å². The minimum absolute atomic E-state index is 0.451. The van der Waals surface area contributed by atoms with Crippen LogP contribution in [0, 0.1) is 0 Å². The molecule has 0 spiro atoms. The molecule has 1 aliphatic carbocycles. The summed E-state index contributed by atoms with van der Waals surface area (Å²) in [5.41, 5.74) is 8.50. The van der Waals surface area contributed by atoms with E-state index in [-0.39, 0.29) is 0 Å². The van der Waals surface area contributed by atoms with E-state index in [9.17, 15) is 4.79 Å². The lowest BCUT2D eigenvalue weighted by atomic mass is 9.99. The Morgan fingerprint density at radius 1 is 1.23 bits per heavy atom. The number of methoxy groups -OCH3 is 1. The fraction of sp³-hybridized carbons (Fsp3) is 0.300. The van der Waals surface area contributed by atoms with Gasteiger partial charge >= 0.3 is 0 Å². The van der Waals surface area contributed by atoms with E-state index in [2.05, 4.69) is 10.3 Å². The molecule has 1 aliphatic rings. The number of fused-ring (bicyclic) bond motifs is 1. The van der Waals surface area contributed by atoms with Crippen molar-refractivity contribution >= 4 is 22.8 Å². The molecular formula is C20H22N4O2. The van der Waals surface area contributed by atoms with Crippen LogP contribution in [0.3, 0.4) is 0 Å². The zero-order chi connectivity index (χ0) is 18.1. The predicted molar refractivity (Wildman–Crippen MR) is 102 cm³/mol. The number of rotatable bonds is 5. The summed E-state index contributed by atoms with van der Waals surface area (Å²) >= 11 is 0. The van der Waals surface area contributed by atoms with Crippen molar-refractivity contribution in [3.63, 3.8) is 0 Å². The summed E-state index contributed by atoms with van der Waals surface area (Å²) < 4.78 is 5.53. The number of pyridine rings is 1. The number of amides is 1. The van der Waals surface area contributed by atoms with Crippen LogP contribution in [0.4, 0.5) is 5.82 Å². The third-order valence-corrected chi connectivity index (χ3v) is 5.01. The van der Waals surface area contributed by atoms with Crippen molar-refractivity contribution in [3.05, 3.63) is 42.1 Å². The lowest BCUT2D eigenvalue weighted by Crippen LogP contribution is -2.15. The predicted octanol–water partition coefficient (Wildman–Crippen LogP) is 3.69. The number of hydrogen-bond donors (Lipinski definition) is 3. The quantitative estimate of drug-likeness (QED) is 0.654. The number of hydrogen-bond acceptors (Lipinski definition) is 4. The fourth-order valence-electron chi connectivity index (χ4n) is 3.69. The van der Waals surface area contributed by atoms with E-state index in [4.69, 9.17) is 15.5 Å². The van der Waals surface area contributed by atoms with Gasteiger partial charge in [0.25, 0.3) is 0 Å². The molecule has 4 N–H and O–H groups in total. The molecule has 6 nitrogen and oxygen atoms in total. The molecule has 2 heterocycles. The number of nitrogens with zero attached hydrogens (tertiary/aromatic N) is 1. The summed E-state index contributed by atoms with van der Waals surface area (Å²) in [4.78, 5) is 19.5. The van der Waals surface area contributed by atoms with Crippen molar-refractivity contribution in [2.45, 2.75) is 31.7 Å². The van der Waals surface area contributed by atoms with Crippen LogP contribution in [0.2, 0.25) is 0 Å².